The lowest BCUT2D eigenvalue weighted by molar-refractivity contribution is 0.394. The van der Waals surface area contributed by atoms with E-state index < -0.39 is 0 Å². The molecule has 0 saturated carbocycles. The molecule has 1 N–H and O–H groups in total. The molecule has 0 amide bonds. The standard InChI is InChI=1S/C14H27N/c1-6-8-9-10-11-12-13(3)15-14(4,5)7-2/h2,13,15H,6,8-12H2,1,3-5H3. The minimum absolute atomic E-state index is 0.164. The molecule has 0 spiro atoms. The summed E-state index contributed by atoms with van der Waals surface area (Å²) in [6.07, 6.45) is 13.4. The zero-order valence-corrected chi connectivity index (χ0v) is 10.9. The minimum atomic E-state index is -0.164. The molecule has 88 valence electrons. The predicted molar refractivity (Wildman–Crippen MR) is 68.9 cm³/mol. The average Bonchev–Trinajstić information content (AvgIpc) is 2.17. The van der Waals surface area contributed by atoms with Crippen LogP contribution >= 0.6 is 0 Å². The van der Waals surface area contributed by atoms with Crippen molar-refractivity contribution in [2.75, 3.05) is 0 Å². The lowest BCUT2D eigenvalue weighted by Crippen LogP contribution is -2.43. The van der Waals surface area contributed by atoms with E-state index in [-0.39, 0.29) is 5.54 Å². The van der Waals surface area contributed by atoms with Crippen molar-refractivity contribution in [1.82, 2.24) is 5.32 Å². The summed E-state index contributed by atoms with van der Waals surface area (Å²) in [6, 6.07) is 0.526. The molecule has 0 rings (SSSR count). The summed E-state index contributed by atoms with van der Waals surface area (Å²) in [5.41, 5.74) is -0.164. The Morgan fingerprint density at radius 2 is 1.80 bits per heavy atom. The van der Waals surface area contributed by atoms with Gasteiger partial charge in [-0.1, -0.05) is 44.9 Å². The Labute approximate surface area is 96.0 Å². The van der Waals surface area contributed by atoms with Gasteiger partial charge in [-0.15, -0.1) is 6.42 Å². The van der Waals surface area contributed by atoms with Crippen molar-refractivity contribution >= 4 is 0 Å². The second-order valence-corrected chi connectivity index (χ2v) is 5.02. The lowest BCUT2D eigenvalue weighted by atomic mass is 10.0. The van der Waals surface area contributed by atoms with E-state index in [9.17, 15) is 0 Å². The largest absolute Gasteiger partial charge is 0.299 e. The Kier molecular flexibility index (Phi) is 7.52. The van der Waals surface area contributed by atoms with Gasteiger partial charge in [0, 0.05) is 6.04 Å². The first-order valence-corrected chi connectivity index (χ1v) is 6.27. The maximum absolute atomic E-state index is 5.44. The molecule has 0 aliphatic heterocycles. The maximum atomic E-state index is 5.44. The van der Waals surface area contributed by atoms with E-state index in [1.165, 1.54) is 38.5 Å². The van der Waals surface area contributed by atoms with Crippen LogP contribution in [0.3, 0.4) is 0 Å². The molecular formula is C14H27N. The van der Waals surface area contributed by atoms with Gasteiger partial charge in [-0.05, 0) is 27.2 Å². The summed E-state index contributed by atoms with van der Waals surface area (Å²) in [5, 5.41) is 3.46. The van der Waals surface area contributed by atoms with E-state index in [4.69, 9.17) is 6.42 Å². The van der Waals surface area contributed by atoms with Crippen LogP contribution < -0.4 is 5.32 Å². The first kappa shape index (κ1) is 14.5. The van der Waals surface area contributed by atoms with Gasteiger partial charge in [0.05, 0.1) is 5.54 Å². The molecule has 0 saturated heterocycles. The molecular weight excluding hydrogens is 182 g/mol. The zero-order valence-electron chi connectivity index (χ0n) is 10.9. The summed E-state index contributed by atoms with van der Waals surface area (Å²) in [4.78, 5) is 0. The summed E-state index contributed by atoms with van der Waals surface area (Å²) in [6.45, 7) is 8.58. The monoisotopic (exact) mass is 209 g/mol. The van der Waals surface area contributed by atoms with Gasteiger partial charge in [-0.3, -0.25) is 5.32 Å². The lowest BCUT2D eigenvalue weighted by Gasteiger charge is -2.25. The van der Waals surface area contributed by atoms with Gasteiger partial charge in [0.15, 0.2) is 0 Å². The molecule has 1 heteroatoms. The van der Waals surface area contributed by atoms with Crippen LogP contribution in [-0.4, -0.2) is 11.6 Å². The highest BCUT2D eigenvalue weighted by Gasteiger charge is 2.15. The molecule has 1 nitrogen and oxygen atoms in total. The first-order valence-electron chi connectivity index (χ1n) is 6.27. The fraction of sp³-hybridized carbons (Fsp3) is 0.857. The van der Waals surface area contributed by atoms with Crippen LogP contribution in [0.4, 0.5) is 0 Å². The number of terminal acetylenes is 1. The van der Waals surface area contributed by atoms with Crippen LogP contribution in [0.5, 0.6) is 0 Å². The van der Waals surface area contributed by atoms with Crippen LogP contribution in [0.2, 0.25) is 0 Å². The van der Waals surface area contributed by atoms with E-state index in [1.54, 1.807) is 0 Å². The number of nitrogens with one attached hydrogen (secondary N) is 1. The molecule has 0 fully saturated rings. The van der Waals surface area contributed by atoms with Gasteiger partial charge in [0.1, 0.15) is 0 Å². The topological polar surface area (TPSA) is 12.0 Å². The first-order chi connectivity index (χ1) is 7.02. The van der Waals surface area contributed by atoms with Crippen molar-refractivity contribution in [3.8, 4) is 12.3 Å². The zero-order chi connectivity index (χ0) is 11.7. The Bertz CT molecular complexity index is 188. The van der Waals surface area contributed by atoms with Crippen molar-refractivity contribution in [3.05, 3.63) is 0 Å². The molecule has 0 aliphatic rings. The van der Waals surface area contributed by atoms with Gasteiger partial charge >= 0.3 is 0 Å². The molecule has 0 aromatic carbocycles. The van der Waals surface area contributed by atoms with E-state index in [0.29, 0.717) is 6.04 Å². The fourth-order valence-electron chi connectivity index (χ4n) is 1.78. The molecule has 0 aromatic rings. The Balaban J connectivity index is 3.50. The third-order valence-corrected chi connectivity index (χ3v) is 2.71. The normalized spacial score (nSPS) is 13.5. The van der Waals surface area contributed by atoms with E-state index in [2.05, 4.69) is 38.9 Å². The van der Waals surface area contributed by atoms with E-state index in [1.807, 2.05) is 0 Å². The van der Waals surface area contributed by atoms with Crippen LogP contribution in [0.25, 0.3) is 0 Å². The maximum Gasteiger partial charge on any atom is 0.0743 e. The second kappa shape index (κ2) is 7.77. The van der Waals surface area contributed by atoms with Crippen molar-refractivity contribution in [2.24, 2.45) is 0 Å². The fourth-order valence-corrected chi connectivity index (χ4v) is 1.78. The summed E-state index contributed by atoms with van der Waals surface area (Å²) in [5.74, 6) is 2.77. The Hall–Kier alpha value is -0.480. The van der Waals surface area contributed by atoms with Crippen molar-refractivity contribution in [2.45, 2.75) is 77.8 Å². The van der Waals surface area contributed by atoms with Gasteiger partial charge < -0.3 is 0 Å². The number of unbranched alkanes of at least 4 members (excludes halogenated alkanes) is 4. The highest BCUT2D eigenvalue weighted by atomic mass is 15.0. The smallest absolute Gasteiger partial charge is 0.0743 e. The molecule has 0 radical (unpaired) electrons. The average molecular weight is 209 g/mol. The van der Waals surface area contributed by atoms with Gasteiger partial charge in [0.25, 0.3) is 0 Å². The molecule has 0 aromatic heterocycles. The molecule has 0 heterocycles. The van der Waals surface area contributed by atoms with Crippen LogP contribution in [0, 0.1) is 12.3 Å². The molecule has 0 aliphatic carbocycles. The SMILES string of the molecule is C#CC(C)(C)NC(C)CCCCCCC. The minimum Gasteiger partial charge on any atom is -0.299 e. The predicted octanol–water partition coefficient (Wildman–Crippen LogP) is 3.74. The van der Waals surface area contributed by atoms with Gasteiger partial charge in [-0.25, -0.2) is 0 Å². The summed E-state index contributed by atoms with van der Waals surface area (Å²) < 4.78 is 0. The third-order valence-electron chi connectivity index (χ3n) is 2.71. The molecule has 0 bridgehead atoms. The van der Waals surface area contributed by atoms with E-state index >= 15 is 0 Å². The van der Waals surface area contributed by atoms with Gasteiger partial charge in [-0.2, -0.15) is 0 Å². The number of hydrogen-bond acceptors (Lipinski definition) is 1. The van der Waals surface area contributed by atoms with Gasteiger partial charge in [0.2, 0.25) is 0 Å². The molecule has 1 unspecified atom stereocenters. The Morgan fingerprint density at radius 3 is 2.33 bits per heavy atom. The van der Waals surface area contributed by atoms with Crippen LogP contribution in [0.15, 0.2) is 0 Å². The summed E-state index contributed by atoms with van der Waals surface area (Å²) in [7, 11) is 0. The Morgan fingerprint density at radius 1 is 1.20 bits per heavy atom. The molecule has 1 atom stereocenters. The highest BCUT2D eigenvalue weighted by Crippen LogP contribution is 2.09. The highest BCUT2D eigenvalue weighted by molar-refractivity contribution is 5.07. The van der Waals surface area contributed by atoms with Crippen LogP contribution in [0.1, 0.15) is 66.2 Å². The third kappa shape index (κ3) is 8.51. The van der Waals surface area contributed by atoms with Crippen LogP contribution in [-0.2, 0) is 0 Å². The number of rotatable bonds is 8. The molecule has 15 heavy (non-hydrogen) atoms. The second-order valence-electron chi connectivity index (χ2n) is 5.02. The van der Waals surface area contributed by atoms with Crippen molar-refractivity contribution in [3.63, 3.8) is 0 Å². The summed E-state index contributed by atoms with van der Waals surface area (Å²) >= 11 is 0. The van der Waals surface area contributed by atoms with E-state index in [0.717, 1.165) is 0 Å². The van der Waals surface area contributed by atoms with Crippen molar-refractivity contribution < 1.29 is 0 Å². The number of hydrogen-bond donors (Lipinski definition) is 1. The quantitative estimate of drug-likeness (QED) is 0.474. The van der Waals surface area contributed by atoms with Crippen molar-refractivity contribution in [1.29, 1.82) is 0 Å².